The van der Waals surface area contributed by atoms with Crippen LogP contribution in [0.15, 0.2) is 34.9 Å². The summed E-state index contributed by atoms with van der Waals surface area (Å²) in [5, 5.41) is 7.59. The average molecular weight is 327 g/mol. The van der Waals surface area contributed by atoms with Gasteiger partial charge < -0.3 is 19.6 Å². The molecule has 0 bridgehead atoms. The van der Waals surface area contributed by atoms with Gasteiger partial charge in [0.1, 0.15) is 17.2 Å². The smallest absolute Gasteiger partial charge is 0.273 e. The van der Waals surface area contributed by atoms with Gasteiger partial charge in [0.15, 0.2) is 5.82 Å². The van der Waals surface area contributed by atoms with E-state index in [2.05, 4.69) is 15.5 Å². The Labute approximate surface area is 140 Å². The molecule has 2 N–H and O–H groups in total. The normalized spacial score (nSPS) is 11.7. The third-order valence-electron chi connectivity index (χ3n) is 3.64. The molecular weight excluding hydrogens is 306 g/mol. The van der Waals surface area contributed by atoms with Crippen molar-refractivity contribution < 1.29 is 14.1 Å². The maximum Gasteiger partial charge on any atom is 0.273 e. The van der Waals surface area contributed by atoms with Crippen molar-refractivity contribution in [3.05, 3.63) is 41.8 Å². The summed E-state index contributed by atoms with van der Waals surface area (Å²) in [6.45, 7) is 8.59. The van der Waals surface area contributed by atoms with Gasteiger partial charge in [-0.05, 0) is 25.1 Å². The molecule has 6 nitrogen and oxygen atoms in total. The second-order valence-electron chi connectivity index (χ2n) is 6.65. The van der Waals surface area contributed by atoms with Crippen molar-refractivity contribution in [2.45, 2.75) is 33.1 Å². The molecule has 0 spiro atoms. The molecule has 0 fully saturated rings. The largest absolute Gasteiger partial charge is 0.494 e. The lowest BCUT2D eigenvalue weighted by Gasteiger charge is -2.11. The number of hydrogen-bond acceptors (Lipinski definition) is 4. The van der Waals surface area contributed by atoms with E-state index < -0.39 is 0 Å². The zero-order valence-electron chi connectivity index (χ0n) is 14.3. The minimum Gasteiger partial charge on any atom is -0.494 e. The van der Waals surface area contributed by atoms with Crippen LogP contribution in [0.4, 0.5) is 5.82 Å². The third-order valence-corrected chi connectivity index (χ3v) is 3.64. The Kier molecular flexibility index (Phi) is 4.05. The Bertz CT molecular complexity index is 871. The van der Waals surface area contributed by atoms with Crippen molar-refractivity contribution in [3.8, 4) is 5.75 Å². The zero-order chi connectivity index (χ0) is 17.3. The van der Waals surface area contributed by atoms with Crippen LogP contribution in [-0.2, 0) is 5.41 Å². The van der Waals surface area contributed by atoms with Crippen molar-refractivity contribution in [2.75, 3.05) is 11.9 Å². The summed E-state index contributed by atoms with van der Waals surface area (Å²) in [6, 6.07) is 9.22. The first-order valence-corrected chi connectivity index (χ1v) is 7.91. The minimum atomic E-state index is -0.266. The summed E-state index contributed by atoms with van der Waals surface area (Å²) in [4.78, 5) is 15.5. The Morgan fingerprint density at radius 3 is 2.75 bits per heavy atom. The molecule has 0 aliphatic carbocycles. The Morgan fingerprint density at radius 1 is 1.29 bits per heavy atom. The highest BCUT2D eigenvalue weighted by Crippen LogP contribution is 2.25. The van der Waals surface area contributed by atoms with Crippen molar-refractivity contribution in [2.24, 2.45) is 0 Å². The predicted octanol–water partition coefficient (Wildman–Crippen LogP) is 4.10. The Morgan fingerprint density at radius 2 is 2.08 bits per heavy atom. The lowest BCUT2D eigenvalue weighted by molar-refractivity contribution is 0.102. The second-order valence-corrected chi connectivity index (χ2v) is 6.65. The van der Waals surface area contributed by atoms with Gasteiger partial charge in [0.05, 0.1) is 6.61 Å². The number of amides is 1. The van der Waals surface area contributed by atoms with Crippen molar-refractivity contribution in [3.63, 3.8) is 0 Å². The van der Waals surface area contributed by atoms with E-state index in [1.807, 2.05) is 45.9 Å². The molecule has 2 aromatic heterocycles. The SMILES string of the molecule is CCOc1ccc2cc(C(=O)Nc3cc(C(C)(C)C)on3)[nH]c2c1. The van der Waals surface area contributed by atoms with E-state index in [-0.39, 0.29) is 11.3 Å². The van der Waals surface area contributed by atoms with Gasteiger partial charge in [0.2, 0.25) is 0 Å². The highest BCUT2D eigenvalue weighted by Gasteiger charge is 2.21. The number of nitrogens with one attached hydrogen (secondary N) is 2. The first-order valence-electron chi connectivity index (χ1n) is 7.91. The van der Waals surface area contributed by atoms with Crippen molar-refractivity contribution in [1.82, 2.24) is 10.1 Å². The third kappa shape index (κ3) is 3.27. The fourth-order valence-corrected chi connectivity index (χ4v) is 2.36. The first-order chi connectivity index (χ1) is 11.4. The average Bonchev–Trinajstić information content (AvgIpc) is 3.13. The van der Waals surface area contributed by atoms with E-state index in [4.69, 9.17) is 9.26 Å². The van der Waals surface area contributed by atoms with Crippen LogP contribution in [0.3, 0.4) is 0 Å². The van der Waals surface area contributed by atoms with E-state index >= 15 is 0 Å². The number of anilines is 1. The van der Waals surface area contributed by atoms with Gasteiger partial charge in [-0.1, -0.05) is 25.9 Å². The molecule has 0 radical (unpaired) electrons. The van der Waals surface area contributed by atoms with Crippen LogP contribution in [-0.4, -0.2) is 22.7 Å². The summed E-state index contributed by atoms with van der Waals surface area (Å²) in [5.74, 6) is 1.62. The number of fused-ring (bicyclic) bond motifs is 1. The van der Waals surface area contributed by atoms with Crippen molar-refractivity contribution >= 4 is 22.6 Å². The van der Waals surface area contributed by atoms with Crippen LogP contribution in [0.5, 0.6) is 5.75 Å². The molecule has 0 saturated heterocycles. The fraction of sp³-hybridized carbons (Fsp3) is 0.333. The minimum absolute atomic E-state index is 0.160. The highest BCUT2D eigenvalue weighted by molar-refractivity contribution is 6.05. The first kappa shape index (κ1) is 16.1. The predicted molar refractivity (Wildman–Crippen MR) is 92.6 cm³/mol. The topological polar surface area (TPSA) is 80.2 Å². The Balaban J connectivity index is 1.79. The van der Waals surface area contributed by atoms with Crippen LogP contribution >= 0.6 is 0 Å². The molecule has 0 unspecified atom stereocenters. The molecule has 126 valence electrons. The second kappa shape index (κ2) is 6.03. The molecule has 1 aromatic carbocycles. The maximum absolute atomic E-state index is 12.4. The monoisotopic (exact) mass is 327 g/mol. The van der Waals surface area contributed by atoms with E-state index in [1.165, 1.54) is 0 Å². The number of carbonyl (C=O) groups excluding carboxylic acids is 1. The molecular formula is C18H21N3O3. The van der Waals surface area contributed by atoms with Crippen LogP contribution in [0.1, 0.15) is 43.9 Å². The number of ether oxygens (including phenoxy) is 1. The van der Waals surface area contributed by atoms with E-state index in [1.54, 1.807) is 12.1 Å². The number of benzene rings is 1. The summed E-state index contributed by atoms with van der Waals surface area (Å²) in [5.41, 5.74) is 1.15. The van der Waals surface area contributed by atoms with Gasteiger partial charge in [-0.25, -0.2) is 0 Å². The molecule has 3 rings (SSSR count). The number of carbonyl (C=O) groups is 1. The lowest BCUT2D eigenvalue weighted by atomic mass is 9.93. The summed E-state index contributed by atoms with van der Waals surface area (Å²) >= 11 is 0. The fourth-order valence-electron chi connectivity index (χ4n) is 2.36. The summed E-state index contributed by atoms with van der Waals surface area (Å²) in [7, 11) is 0. The summed E-state index contributed by atoms with van der Waals surface area (Å²) < 4.78 is 10.7. The quantitative estimate of drug-likeness (QED) is 0.756. The molecule has 1 amide bonds. The van der Waals surface area contributed by atoms with Gasteiger partial charge >= 0.3 is 0 Å². The number of hydrogen-bond donors (Lipinski definition) is 2. The van der Waals surface area contributed by atoms with E-state index in [9.17, 15) is 4.79 Å². The maximum atomic E-state index is 12.4. The van der Waals surface area contributed by atoms with E-state index in [0.29, 0.717) is 18.1 Å². The summed E-state index contributed by atoms with van der Waals surface area (Å²) in [6.07, 6.45) is 0. The number of aromatic nitrogens is 2. The van der Waals surface area contributed by atoms with Crippen molar-refractivity contribution in [1.29, 1.82) is 0 Å². The Hall–Kier alpha value is -2.76. The molecule has 24 heavy (non-hydrogen) atoms. The number of aromatic amines is 1. The van der Waals surface area contributed by atoms with Crippen LogP contribution < -0.4 is 10.1 Å². The lowest BCUT2D eigenvalue weighted by Crippen LogP contribution is -2.12. The van der Waals surface area contributed by atoms with Crippen LogP contribution in [0.25, 0.3) is 10.9 Å². The molecule has 3 aromatic rings. The molecule has 0 saturated carbocycles. The highest BCUT2D eigenvalue weighted by atomic mass is 16.5. The number of nitrogens with zero attached hydrogens (tertiary/aromatic N) is 1. The van der Waals surface area contributed by atoms with E-state index in [0.717, 1.165) is 22.4 Å². The number of H-pyrrole nitrogens is 1. The van der Waals surface area contributed by atoms with Crippen LogP contribution in [0, 0.1) is 0 Å². The molecule has 0 aliphatic rings. The molecule has 2 heterocycles. The standard InChI is InChI=1S/C18H21N3O3/c1-5-23-12-7-6-11-8-14(19-13(11)9-12)17(22)20-16-10-15(24-21-16)18(2,3)4/h6-10,19H,5H2,1-4H3,(H,20,21,22). The van der Waals surface area contributed by atoms with Gasteiger partial charge in [0, 0.05) is 28.5 Å². The van der Waals surface area contributed by atoms with Crippen LogP contribution in [0.2, 0.25) is 0 Å². The van der Waals surface area contributed by atoms with Gasteiger partial charge in [-0.3, -0.25) is 4.79 Å². The van der Waals surface area contributed by atoms with Gasteiger partial charge in [-0.15, -0.1) is 0 Å². The number of rotatable bonds is 4. The van der Waals surface area contributed by atoms with Gasteiger partial charge in [0.25, 0.3) is 5.91 Å². The molecule has 0 aliphatic heterocycles. The molecule has 0 atom stereocenters. The van der Waals surface area contributed by atoms with Gasteiger partial charge in [-0.2, -0.15) is 0 Å². The zero-order valence-corrected chi connectivity index (χ0v) is 14.3. The molecule has 6 heteroatoms.